The lowest BCUT2D eigenvalue weighted by molar-refractivity contribution is -0.122. The third-order valence-electron chi connectivity index (χ3n) is 6.13. The smallest absolute Gasteiger partial charge is 0.266 e. The van der Waals surface area contributed by atoms with Crippen LogP contribution in [0.2, 0.25) is 0 Å². The number of amides is 2. The van der Waals surface area contributed by atoms with Gasteiger partial charge in [0.15, 0.2) is 16.6 Å². The highest BCUT2D eigenvalue weighted by Crippen LogP contribution is 2.35. The molecule has 3 aromatic rings. The van der Waals surface area contributed by atoms with E-state index < -0.39 is 0 Å². The van der Waals surface area contributed by atoms with E-state index in [0.29, 0.717) is 38.8 Å². The van der Waals surface area contributed by atoms with E-state index in [1.54, 1.807) is 25.2 Å². The quantitative estimate of drug-likeness (QED) is 0.149. The molecule has 2 amide bonds. The molecular formula is C29H31N3O4S3. The topological polar surface area (TPSA) is 80.8 Å². The summed E-state index contributed by atoms with van der Waals surface area (Å²) >= 11 is 8.26. The van der Waals surface area contributed by atoms with Crippen molar-refractivity contribution in [2.75, 3.05) is 26.1 Å². The molecular weight excluding hydrogens is 551 g/mol. The van der Waals surface area contributed by atoms with E-state index in [1.807, 2.05) is 24.4 Å². The number of thiazole rings is 1. The van der Waals surface area contributed by atoms with E-state index in [1.165, 1.54) is 34.2 Å². The van der Waals surface area contributed by atoms with Crippen LogP contribution in [0.1, 0.15) is 47.3 Å². The molecule has 0 atom stereocenters. The Labute approximate surface area is 242 Å². The van der Waals surface area contributed by atoms with Crippen molar-refractivity contribution in [2.45, 2.75) is 39.0 Å². The van der Waals surface area contributed by atoms with Crippen molar-refractivity contribution in [3.05, 3.63) is 75.1 Å². The molecule has 1 aliphatic rings. The van der Waals surface area contributed by atoms with Gasteiger partial charge in [-0.1, -0.05) is 66.3 Å². The highest BCUT2D eigenvalue weighted by Gasteiger charge is 2.31. The number of aromatic nitrogens is 1. The molecule has 1 fully saturated rings. The molecule has 1 N–H and O–H groups in total. The van der Waals surface area contributed by atoms with Gasteiger partial charge in [0.25, 0.3) is 5.91 Å². The Hall–Kier alpha value is -3.21. The lowest BCUT2D eigenvalue weighted by atomic mass is 10.1. The lowest BCUT2D eigenvalue weighted by Gasteiger charge is -2.14. The molecule has 4 rings (SSSR count). The Kier molecular flexibility index (Phi) is 10.1. The van der Waals surface area contributed by atoms with E-state index >= 15 is 0 Å². The zero-order valence-corrected chi connectivity index (χ0v) is 24.6. The third-order valence-corrected chi connectivity index (χ3v) is 8.42. The van der Waals surface area contributed by atoms with Crippen molar-refractivity contribution >= 4 is 62.7 Å². The number of thiocarbonyl (C=S) groups is 1. The van der Waals surface area contributed by atoms with Crippen LogP contribution in [0.15, 0.2) is 53.6 Å². The zero-order valence-electron chi connectivity index (χ0n) is 22.2. The van der Waals surface area contributed by atoms with Crippen LogP contribution in [-0.4, -0.2) is 46.8 Å². The largest absolute Gasteiger partial charge is 0.493 e. The van der Waals surface area contributed by atoms with Gasteiger partial charge in [-0.15, -0.1) is 11.3 Å². The molecule has 2 aromatic carbocycles. The van der Waals surface area contributed by atoms with E-state index in [2.05, 4.69) is 41.5 Å². The van der Waals surface area contributed by atoms with Crippen LogP contribution in [-0.2, 0) is 16.0 Å². The normalized spacial score (nSPS) is 14.2. The van der Waals surface area contributed by atoms with Gasteiger partial charge in [0.05, 0.1) is 19.1 Å². The molecule has 10 heteroatoms. The molecule has 204 valence electrons. The van der Waals surface area contributed by atoms with Gasteiger partial charge in [0, 0.05) is 30.5 Å². The van der Waals surface area contributed by atoms with Gasteiger partial charge in [0.1, 0.15) is 4.32 Å². The molecule has 0 saturated carbocycles. The number of benzene rings is 2. The van der Waals surface area contributed by atoms with Crippen molar-refractivity contribution in [1.82, 2.24) is 9.88 Å². The molecule has 0 unspecified atom stereocenters. The maximum atomic E-state index is 12.9. The first kappa shape index (κ1) is 28.8. The van der Waals surface area contributed by atoms with E-state index in [9.17, 15) is 9.59 Å². The Morgan fingerprint density at radius 1 is 1.10 bits per heavy atom. The molecule has 0 spiro atoms. The Bertz CT molecular complexity index is 1390. The number of rotatable bonds is 12. The summed E-state index contributed by atoms with van der Waals surface area (Å²) in [6.07, 6.45) is 7.15. The number of carbonyl (C=O) groups excluding carboxylic acids is 2. The molecule has 39 heavy (non-hydrogen) atoms. The molecule has 1 aromatic heterocycles. The molecule has 0 radical (unpaired) electrons. The summed E-state index contributed by atoms with van der Waals surface area (Å²) in [5, 5.41) is 3.53. The predicted octanol–water partition coefficient (Wildman–Crippen LogP) is 6.46. The van der Waals surface area contributed by atoms with Crippen LogP contribution in [0.25, 0.3) is 6.08 Å². The van der Waals surface area contributed by atoms with Gasteiger partial charge in [-0.2, -0.15) is 0 Å². The predicted molar refractivity (Wildman–Crippen MR) is 163 cm³/mol. The fraction of sp³-hybridized carbons (Fsp3) is 0.310. The minimum Gasteiger partial charge on any atom is -0.493 e. The van der Waals surface area contributed by atoms with Gasteiger partial charge < -0.3 is 14.8 Å². The summed E-state index contributed by atoms with van der Waals surface area (Å²) in [7, 11) is 3.16. The number of aryl methyl sites for hydroxylation is 1. The van der Waals surface area contributed by atoms with Crippen LogP contribution < -0.4 is 14.8 Å². The second kappa shape index (κ2) is 13.7. The second-order valence-electron chi connectivity index (χ2n) is 9.10. The van der Waals surface area contributed by atoms with E-state index in [4.69, 9.17) is 21.7 Å². The van der Waals surface area contributed by atoms with Crippen LogP contribution >= 0.6 is 35.3 Å². The van der Waals surface area contributed by atoms with E-state index in [-0.39, 0.29) is 11.8 Å². The fourth-order valence-corrected chi connectivity index (χ4v) is 6.34. The lowest BCUT2D eigenvalue weighted by Crippen LogP contribution is -2.29. The van der Waals surface area contributed by atoms with Crippen molar-refractivity contribution < 1.29 is 19.1 Å². The van der Waals surface area contributed by atoms with Gasteiger partial charge in [-0.05, 0) is 49.1 Å². The second-order valence-corrected chi connectivity index (χ2v) is 11.9. The van der Waals surface area contributed by atoms with Crippen molar-refractivity contribution in [1.29, 1.82) is 0 Å². The average molecular weight is 582 g/mol. The molecule has 7 nitrogen and oxygen atoms in total. The molecule has 1 saturated heterocycles. The molecule has 2 heterocycles. The zero-order chi connectivity index (χ0) is 27.8. The number of anilines is 1. The van der Waals surface area contributed by atoms with Gasteiger partial charge >= 0.3 is 0 Å². The number of nitrogens with one attached hydrogen (secondary N) is 1. The standard InChI is InChI=1S/C29H31N3O4S3/c1-19-8-7-9-20(14-19)15-22-18-30-28(38-22)31-26(33)10-5-4-6-13-32-27(34)25(39-29(32)37)17-21-11-12-23(35-2)24(16-21)36-3/h7-9,11-12,14,16-18H,4-6,10,13,15H2,1-3H3,(H,30,31,33)/b25-17-. The number of carbonyl (C=O) groups is 2. The molecule has 0 bridgehead atoms. The monoisotopic (exact) mass is 581 g/mol. The minimum absolute atomic E-state index is 0.0464. The first-order chi connectivity index (χ1) is 18.9. The highest BCUT2D eigenvalue weighted by molar-refractivity contribution is 8.26. The Balaban J connectivity index is 1.19. The third kappa shape index (κ3) is 7.90. The van der Waals surface area contributed by atoms with Crippen molar-refractivity contribution in [2.24, 2.45) is 0 Å². The molecule has 0 aliphatic carbocycles. The number of ether oxygens (including phenoxy) is 2. The van der Waals surface area contributed by atoms with Crippen LogP contribution in [0.3, 0.4) is 0 Å². The maximum absolute atomic E-state index is 12.9. The van der Waals surface area contributed by atoms with Crippen molar-refractivity contribution in [3.63, 3.8) is 0 Å². The van der Waals surface area contributed by atoms with Crippen molar-refractivity contribution in [3.8, 4) is 11.5 Å². The number of unbranched alkanes of at least 4 members (excludes halogenated alkanes) is 2. The number of methoxy groups -OCH3 is 2. The summed E-state index contributed by atoms with van der Waals surface area (Å²) in [6.45, 7) is 2.61. The van der Waals surface area contributed by atoms with Gasteiger partial charge in [0.2, 0.25) is 5.91 Å². The number of hydrogen-bond acceptors (Lipinski definition) is 8. The molecule has 1 aliphatic heterocycles. The minimum atomic E-state index is -0.0947. The van der Waals surface area contributed by atoms with Crippen LogP contribution in [0.5, 0.6) is 11.5 Å². The van der Waals surface area contributed by atoms with Gasteiger partial charge in [-0.25, -0.2) is 4.98 Å². The number of nitrogens with zero attached hydrogens (tertiary/aromatic N) is 2. The summed E-state index contributed by atoms with van der Waals surface area (Å²) in [5.74, 6) is 1.09. The first-order valence-electron chi connectivity index (χ1n) is 12.6. The summed E-state index contributed by atoms with van der Waals surface area (Å²) in [5.41, 5.74) is 3.29. The maximum Gasteiger partial charge on any atom is 0.266 e. The number of thioether (sulfide) groups is 1. The SMILES string of the molecule is COc1ccc(/C=C2\SC(=S)N(CCCCCC(=O)Nc3ncc(Cc4cccc(C)c4)s3)C2=O)cc1OC. The number of hydrogen-bond donors (Lipinski definition) is 1. The Morgan fingerprint density at radius 2 is 1.92 bits per heavy atom. The summed E-state index contributed by atoms with van der Waals surface area (Å²) < 4.78 is 11.2. The van der Waals surface area contributed by atoms with Crippen LogP contribution in [0, 0.1) is 6.92 Å². The van der Waals surface area contributed by atoms with Gasteiger partial charge in [-0.3, -0.25) is 14.5 Å². The summed E-state index contributed by atoms with van der Waals surface area (Å²) in [6, 6.07) is 13.9. The first-order valence-corrected chi connectivity index (χ1v) is 14.7. The fourth-order valence-electron chi connectivity index (χ4n) is 4.17. The van der Waals surface area contributed by atoms with E-state index in [0.717, 1.165) is 36.1 Å². The highest BCUT2D eigenvalue weighted by atomic mass is 32.2. The summed E-state index contributed by atoms with van der Waals surface area (Å²) in [4.78, 5) is 33.0. The Morgan fingerprint density at radius 3 is 2.69 bits per heavy atom. The van der Waals surface area contributed by atoms with Crippen LogP contribution in [0.4, 0.5) is 5.13 Å². The average Bonchev–Trinajstić information content (AvgIpc) is 3.46.